The molecule has 138 valence electrons. The molecule has 0 saturated heterocycles. The molecule has 1 aliphatic heterocycles. The van der Waals surface area contributed by atoms with Gasteiger partial charge in [-0.05, 0) is 24.5 Å². The highest BCUT2D eigenvalue weighted by Crippen LogP contribution is 2.29. The SMILES string of the molecule is CCCCNc1ncc(Oc2ncccc2C2=C(OC)C#CCN=C2)cn1. The fourth-order valence-electron chi connectivity index (χ4n) is 2.41. The zero-order valence-electron chi connectivity index (χ0n) is 15.4. The van der Waals surface area contributed by atoms with Crippen molar-refractivity contribution in [1.29, 1.82) is 0 Å². The lowest BCUT2D eigenvalue weighted by Gasteiger charge is -2.11. The number of nitrogens with zero attached hydrogens (tertiary/aromatic N) is 4. The van der Waals surface area contributed by atoms with Crippen LogP contribution in [0.15, 0.2) is 41.5 Å². The van der Waals surface area contributed by atoms with Crippen LogP contribution < -0.4 is 10.1 Å². The fourth-order valence-corrected chi connectivity index (χ4v) is 2.41. The highest BCUT2D eigenvalue weighted by molar-refractivity contribution is 6.12. The average molecular weight is 363 g/mol. The average Bonchev–Trinajstić information content (AvgIpc) is 2.95. The highest BCUT2D eigenvalue weighted by Gasteiger charge is 2.15. The third-order valence-electron chi connectivity index (χ3n) is 3.76. The Bertz CT molecular complexity index is 895. The van der Waals surface area contributed by atoms with E-state index in [2.05, 4.69) is 44.0 Å². The predicted molar refractivity (Wildman–Crippen MR) is 105 cm³/mol. The standard InChI is InChI=1S/C20H21N5O2/c1-3-4-10-23-20-24-12-15(13-25-20)27-19-16(7-5-11-22-19)17-14-21-9-6-8-18(17)26-2/h5,7,11-14H,3-4,9-10H2,1-2H3,(H,23,24,25). The Kier molecular flexibility index (Phi) is 6.36. The predicted octanol–water partition coefficient (Wildman–Crippen LogP) is 3.32. The van der Waals surface area contributed by atoms with Gasteiger partial charge in [-0.15, -0.1) is 0 Å². The summed E-state index contributed by atoms with van der Waals surface area (Å²) in [5.41, 5.74) is 1.46. The van der Waals surface area contributed by atoms with Gasteiger partial charge < -0.3 is 14.8 Å². The maximum atomic E-state index is 5.91. The Morgan fingerprint density at radius 3 is 2.85 bits per heavy atom. The first-order chi connectivity index (χ1) is 13.3. The summed E-state index contributed by atoms with van der Waals surface area (Å²) < 4.78 is 11.3. The monoisotopic (exact) mass is 363 g/mol. The van der Waals surface area contributed by atoms with Gasteiger partial charge in [0, 0.05) is 19.0 Å². The Labute approximate surface area is 158 Å². The summed E-state index contributed by atoms with van der Waals surface area (Å²) in [6.45, 7) is 3.40. The Morgan fingerprint density at radius 2 is 2.07 bits per heavy atom. The summed E-state index contributed by atoms with van der Waals surface area (Å²) in [5.74, 6) is 7.90. The van der Waals surface area contributed by atoms with Crippen LogP contribution in [0.5, 0.6) is 11.6 Å². The molecule has 2 aromatic rings. The molecule has 0 amide bonds. The van der Waals surface area contributed by atoms with Crippen LogP contribution in [0.25, 0.3) is 5.57 Å². The van der Waals surface area contributed by atoms with Crippen molar-refractivity contribution in [2.75, 3.05) is 25.5 Å². The first kappa shape index (κ1) is 18.4. The van der Waals surface area contributed by atoms with Crippen molar-refractivity contribution in [1.82, 2.24) is 15.0 Å². The summed E-state index contributed by atoms with van der Waals surface area (Å²) in [7, 11) is 1.58. The second kappa shape index (κ2) is 9.34. The minimum atomic E-state index is 0.410. The molecule has 7 nitrogen and oxygen atoms in total. The molecule has 3 rings (SSSR count). The Balaban J connectivity index is 1.83. The molecule has 3 heterocycles. The summed E-state index contributed by atoms with van der Waals surface area (Å²) in [6, 6.07) is 3.71. The number of ether oxygens (including phenoxy) is 2. The topological polar surface area (TPSA) is 81.5 Å². The number of pyridine rings is 1. The van der Waals surface area contributed by atoms with Gasteiger partial charge in [-0.1, -0.05) is 19.3 Å². The number of aromatic nitrogens is 3. The maximum Gasteiger partial charge on any atom is 0.227 e. The lowest BCUT2D eigenvalue weighted by atomic mass is 10.1. The zero-order valence-corrected chi connectivity index (χ0v) is 15.4. The molecule has 0 fully saturated rings. The summed E-state index contributed by atoms with van der Waals surface area (Å²) in [4.78, 5) is 17.2. The molecular formula is C20H21N5O2. The molecule has 7 heteroatoms. The van der Waals surface area contributed by atoms with Crippen LogP contribution in [0.3, 0.4) is 0 Å². The minimum Gasteiger partial charge on any atom is -0.488 e. The van der Waals surface area contributed by atoms with E-state index in [-0.39, 0.29) is 0 Å². The summed E-state index contributed by atoms with van der Waals surface area (Å²) >= 11 is 0. The quantitative estimate of drug-likeness (QED) is 0.572. The van der Waals surface area contributed by atoms with E-state index in [4.69, 9.17) is 9.47 Å². The van der Waals surface area contributed by atoms with E-state index in [0.29, 0.717) is 29.9 Å². The van der Waals surface area contributed by atoms with Gasteiger partial charge >= 0.3 is 0 Å². The van der Waals surface area contributed by atoms with Crippen molar-refractivity contribution in [3.8, 4) is 23.5 Å². The molecule has 0 aliphatic carbocycles. The third kappa shape index (κ3) is 4.82. The van der Waals surface area contributed by atoms with E-state index in [9.17, 15) is 0 Å². The van der Waals surface area contributed by atoms with Gasteiger partial charge in [0.2, 0.25) is 11.8 Å². The molecule has 27 heavy (non-hydrogen) atoms. The van der Waals surface area contributed by atoms with Crippen LogP contribution in [0, 0.1) is 11.8 Å². The molecule has 2 aromatic heterocycles. The van der Waals surface area contributed by atoms with Crippen LogP contribution in [-0.2, 0) is 4.74 Å². The number of hydrogen-bond donors (Lipinski definition) is 1. The molecular weight excluding hydrogens is 342 g/mol. The molecule has 1 aliphatic rings. The third-order valence-corrected chi connectivity index (χ3v) is 3.76. The van der Waals surface area contributed by atoms with E-state index in [1.807, 2.05) is 12.1 Å². The number of allylic oxidation sites excluding steroid dienone is 2. The van der Waals surface area contributed by atoms with E-state index < -0.39 is 0 Å². The van der Waals surface area contributed by atoms with Crippen LogP contribution in [-0.4, -0.2) is 41.4 Å². The number of unbranched alkanes of at least 4 members (excludes halogenated alkanes) is 1. The number of rotatable bonds is 8. The fraction of sp³-hybridized carbons (Fsp3) is 0.300. The van der Waals surface area contributed by atoms with E-state index >= 15 is 0 Å². The molecule has 0 saturated carbocycles. The van der Waals surface area contributed by atoms with E-state index in [1.165, 1.54) is 0 Å². The van der Waals surface area contributed by atoms with Gasteiger partial charge in [-0.25, -0.2) is 15.0 Å². The normalized spacial score (nSPS) is 12.8. The van der Waals surface area contributed by atoms with E-state index in [0.717, 1.165) is 30.5 Å². The molecule has 1 N–H and O–H groups in total. The van der Waals surface area contributed by atoms with Gasteiger partial charge in [0.05, 0.1) is 30.6 Å². The summed E-state index contributed by atoms with van der Waals surface area (Å²) in [6.07, 6.45) is 8.79. The molecule has 0 bridgehead atoms. The largest absolute Gasteiger partial charge is 0.488 e. The van der Waals surface area contributed by atoms with E-state index in [1.54, 1.807) is 31.9 Å². The second-order valence-corrected chi connectivity index (χ2v) is 5.70. The first-order valence-electron chi connectivity index (χ1n) is 8.78. The van der Waals surface area contributed by atoms with Crippen molar-refractivity contribution >= 4 is 17.7 Å². The van der Waals surface area contributed by atoms with Crippen LogP contribution in [0.1, 0.15) is 25.3 Å². The van der Waals surface area contributed by atoms with Crippen molar-refractivity contribution < 1.29 is 9.47 Å². The van der Waals surface area contributed by atoms with Crippen molar-refractivity contribution in [2.24, 2.45) is 4.99 Å². The molecule has 0 unspecified atom stereocenters. The second-order valence-electron chi connectivity index (χ2n) is 5.70. The number of hydrogen-bond acceptors (Lipinski definition) is 7. The Morgan fingerprint density at radius 1 is 1.22 bits per heavy atom. The van der Waals surface area contributed by atoms with Gasteiger partial charge in [-0.3, -0.25) is 4.99 Å². The Hall–Kier alpha value is -3.40. The number of anilines is 1. The van der Waals surface area contributed by atoms with Crippen molar-refractivity contribution in [2.45, 2.75) is 19.8 Å². The number of nitrogens with one attached hydrogen (secondary N) is 1. The van der Waals surface area contributed by atoms with Gasteiger partial charge in [0.25, 0.3) is 0 Å². The van der Waals surface area contributed by atoms with Gasteiger partial charge in [0.1, 0.15) is 6.54 Å². The van der Waals surface area contributed by atoms with Gasteiger partial charge in [0.15, 0.2) is 11.5 Å². The van der Waals surface area contributed by atoms with Crippen LogP contribution in [0.2, 0.25) is 0 Å². The lowest BCUT2D eigenvalue weighted by molar-refractivity contribution is 0.314. The molecule has 0 radical (unpaired) electrons. The molecule has 0 spiro atoms. The van der Waals surface area contributed by atoms with Crippen molar-refractivity contribution in [3.05, 3.63) is 42.0 Å². The smallest absolute Gasteiger partial charge is 0.227 e. The van der Waals surface area contributed by atoms with Crippen LogP contribution >= 0.6 is 0 Å². The number of methoxy groups -OCH3 is 1. The van der Waals surface area contributed by atoms with Gasteiger partial charge in [-0.2, -0.15) is 0 Å². The van der Waals surface area contributed by atoms with Crippen LogP contribution in [0.4, 0.5) is 5.95 Å². The molecule has 0 atom stereocenters. The first-order valence-corrected chi connectivity index (χ1v) is 8.78. The maximum absolute atomic E-state index is 5.91. The minimum absolute atomic E-state index is 0.410. The van der Waals surface area contributed by atoms with Crippen molar-refractivity contribution in [3.63, 3.8) is 0 Å². The lowest BCUT2D eigenvalue weighted by Crippen LogP contribution is -2.05. The zero-order chi connectivity index (χ0) is 18.9. The summed E-state index contributed by atoms with van der Waals surface area (Å²) in [5, 5.41) is 3.17. The number of aliphatic imine (C=N–C) groups is 1. The highest BCUT2D eigenvalue weighted by atomic mass is 16.5. The molecule has 0 aromatic carbocycles.